The van der Waals surface area contributed by atoms with Crippen molar-refractivity contribution in [3.05, 3.63) is 23.5 Å². The Morgan fingerprint density at radius 1 is 1.50 bits per heavy atom. The van der Waals surface area contributed by atoms with Crippen molar-refractivity contribution in [2.45, 2.75) is 20.8 Å². The molecular formula is C10H17N3O. The summed E-state index contributed by atoms with van der Waals surface area (Å²) in [5.41, 5.74) is 1.77. The number of aliphatic imine (C=N–C) groups is 1. The molecule has 14 heavy (non-hydrogen) atoms. The number of rotatable bonds is 2. The first-order valence-corrected chi connectivity index (χ1v) is 4.55. The maximum atomic E-state index is 10.8. The minimum absolute atomic E-state index is 0.248. The fourth-order valence-electron chi connectivity index (χ4n) is 0.968. The van der Waals surface area contributed by atoms with Crippen LogP contribution in [0.4, 0.5) is 4.79 Å². The number of carbonyl (C=O) groups excluding carboxylic acids is 1. The summed E-state index contributed by atoms with van der Waals surface area (Å²) in [6.45, 7) is 13.5. The first-order valence-electron chi connectivity index (χ1n) is 4.55. The van der Waals surface area contributed by atoms with Crippen LogP contribution in [0.1, 0.15) is 20.8 Å². The quantitative estimate of drug-likeness (QED) is 0.649. The molecule has 2 N–H and O–H groups in total. The predicted molar refractivity (Wildman–Crippen MR) is 59.3 cm³/mol. The summed E-state index contributed by atoms with van der Waals surface area (Å²) in [4.78, 5) is 14.5. The van der Waals surface area contributed by atoms with Gasteiger partial charge in [0.1, 0.15) is 5.82 Å². The highest BCUT2D eigenvalue weighted by Crippen LogP contribution is 2.13. The van der Waals surface area contributed by atoms with Crippen molar-refractivity contribution in [2.24, 2.45) is 4.99 Å². The minimum Gasteiger partial charge on any atom is -0.334 e. The minimum atomic E-state index is -0.248. The Morgan fingerprint density at radius 2 is 2.07 bits per heavy atom. The fourth-order valence-corrected chi connectivity index (χ4v) is 0.968. The van der Waals surface area contributed by atoms with E-state index < -0.39 is 0 Å². The molecule has 0 aromatic carbocycles. The van der Waals surface area contributed by atoms with Crippen LogP contribution in [0.3, 0.4) is 0 Å². The molecule has 0 radical (unpaired) electrons. The van der Waals surface area contributed by atoms with Crippen LogP contribution in [0.5, 0.6) is 0 Å². The van der Waals surface area contributed by atoms with E-state index in [4.69, 9.17) is 0 Å². The largest absolute Gasteiger partial charge is 0.334 e. The summed E-state index contributed by atoms with van der Waals surface area (Å²) in [7, 11) is 0. The lowest BCUT2D eigenvalue weighted by Crippen LogP contribution is -2.41. The van der Waals surface area contributed by atoms with E-state index in [1.807, 2.05) is 20.8 Å². The van der Waals surface area contributed by atoms with Gasteiger partial charge in [-0.1, -0.05) is 20.4 Å². The average molecular weight is 195 g/mol. The Balaban J connectivity index is 0.000000791. The van der Waals surface area contributed by atoms with Gasteiger partial charge in [0.15, 0.2) is 0 Å². The summed E-state index contributed by atoms with van der Waals surface area (Å²) >= 11 is 0. The summed E-state index contributed by atoms with van der Waals surface area (Å²) in [5, 5.41) is 5.16. The Hall–Kier alpha value is -1.58. The lowest BCUT2D eigenvalue weighted by Gasteiger charge is -2.19. The van der Waals surface area contributed by atoms with Gasteiger partial charge in [-0.2, -0.15) is 0 Å². The molecular weight excluding hydrogens is 178 g/mol. The molecule has 4 heteroatoms. The molecule has 0 saturated carbocycles. The molecule has 1 heterocycles. The molecule has 1 rings (SSSR count). The normalized spacial score (nSPS) is 14.6. The molecule has 0 atom stereocenters. The van der Waals surface area contributed by atoms with Crippen LogP contribution in [0, 0.1) is 0 Å². The molecule has 0 saturated heterocycles. The van der Waals surface area contributed by atoms with Gasteiger partial charge in [0, 0.05) is 12.1 Å². The zero-order chi connectivity index (χ0) is 11.1. The molecule has 4 nitrogen and oxygen atoms in total. The second kappa shape index (κ2) is 5.96. The standard InChI is InChI=1S/C8H11N3O.C2H6/c1-5(2)6-4-10-8(12)11-7(6)9-3;1-2/h1,3-4H2,2H3,(H2,10,11,12);1-2H3. The first-order chi connectivity index (χ1) is 6.65. The second-order valence-corrected chi connectivity index (χ2v) is 2.57. The Kier molecular flexibility index (Phi) is 5.29. The van der Waals surface area contributed by atoms with Crippen molar-refractivity contribution in [1.82, 2.24) is 10.6 Å². The van der Waals surface area contributed by atoms with Crippen LogP contribution in [0.25, 0.3) is 0 Å². The summed E-state index contributed by atoms with van der Waals surface area (Å²) in [6.07, 6.45) is 0. The molecule has 0 aromatic heterocycles. The number of urea groups is 1. The molecule has 0 bridgehead atoms. The van der Waals surface area contributed by atoms with Crippen LogP contribution in [-0.4, -0.2) is 19.3 Å². The molecule has 2 amide bonds. The summed E-state index contributed by atoms with van der Waals surface area (Å²) < 4.78 is 0. The van der Waals surface area contributed by atoms with E-state index in [0.717, 1.165) is 11.1 Å². The average Bonchev–Trinajstić information content (AvgIpc) is 2.20. The third kappa shape index (κ3) is 3.05. The van der Waals surface area contributed by atoms with Gasteiger partial charge in [-0.05, 0) is 19.2 Å². The highest BCUT2D eigenvalue weighted by atomic mass is 16.2. The van der Waals surface area contributed by atoms with Gasteiger partial charge in [0.2, 0.25) is 0 Å². The number of hydrogen-bond acceptors (Lipinski definition) is 2. The lowest BCUT2D eigenvalue weighted by atomic mass is 10.1. The topological polar surface area (TPSA) is 53.5 Å². The molecule has 0 aromatic rings. The van der Waals surface area contributed by atoms with E-state index in [-0.39, 0.29) is 6.03 Å². The molecule has 0 spiro atoms. The number of nitrogens with zero attached hydrogens (tertiary/aromatic N) is 1. The maximum absolute atomic E-state index is 10.8. The molecule has 0 fully saturated rings. The lowest BCUT2D eigenvalue weighted by molar-refractivity contribution is 0.242. The third-order valence-corrected chi connectivity index (χ3v) is 1.62. The van der Waals surface area contributed by atoms with E-state index in [2.05, 4.69) is 28.9 Å². The summed E-state index contributed by atoms with van der Waals surface area (Å²) in [6, 6.07) is -0.248. The first kappa shape index (κ1) is 12.4. The Morgan fingerprint density at radius 3 is 2.50 bits per heavy atom. The highest BCUT2D eigenvalue weighted by Gasteiger charge is 2.15. The van der Waals surface area contributed by atoms with E-state index in [9.17, 15) is 4.79 Å². The van der Waals surface area contributed by atoms with E-state index >= 15 is 0 Å². The van der Waals surface area contributed by atoms with Crippen molar-refractivity contribution in [1.29, 1.82) is 0 Å². The zero-order valence-corrected chi connectivity index (χ0v) is 8.98. The number of amides is 2. The second-order valence-electron chi connectivity index (χ2n) is 2.57. The number of nitrogens with one attached hydrogen (secondary N) is 2. The van der Waals surface area contributed by atoms with Crippen molar-refractivity contribution >= 4 is 12.7 Å². The van der Waals surface area contributed by atoms with Gasteiger partial charge >= 0.3 is 6.03 Å². The monoisotopic (exact) mass is 195 g/mol. The molecule has 1 aliphatic rings. The SMILES string of the molecule is C=NC1=C(C(=C)C)CNC(=O)N1.CC. The van der Waals surface area contributed by atoms with Gasteiger partial charge in [-0.25, -0.2) is 9.79 Å². The van der Waals surface area contributed by atoms with Gasteiger partial charge in [0.05, 0.1) is 0 Å². The van der Waals surface area contributed by atoms with Crippen molar-refractivity contribution in [3.63, 3.8) is 0 Å². The summed E-state index contributed by atoms with van der Waals surface area (Å²) in [5.74, 6) is 0.506. The van der Waals surface area contributed by atoms with Crippen molar-refractivity contribution in [2.75, 3.05) is 6.54 Å². The van der Waals surface area contributed by atoms with Gasteiger partial charge < -0.3 is 5.32 Å². The van der Waals surface area contributed by atoms with Crippen LogP contribution < -0.4 is 10.6 Å². The van der Waals surface area contributed by atoms with E-state index in [0.29, 0.717) is 12.4 Å². The Bertz CT molecular complexity index is 279. The molecule has 78 valence electrons. The van der Waals surface area contributed by atoms with Crippen molar-refractivity contribution < 1.29 is 4.79 Å². The molecule has 0 unspecified atom stereocenters. The van der Waals surface area contributed by atoms with E-state index in [1.54, 1.807) is 0 Å². The Labute approximate surface area is 84.8 Å². The third-order valence-electron chi connectivity index (χ3n) is 1.62. The maximum Gasteiger partial charge on any atom is 0.320 e. The van der Waals surface area contributed by atoms with Crippen LogP contribution in [0.15, 0.2) is 28.5 Å². The van der Waals surface area contributed by atoms with Gasteiger partial charge in [-0.3, -0.25) is 5.32 Å². The van der Waals surface area contributed by atoms with Crippen molar-refractivity contribution in [3.8, 4) is 0 Å². The highest BCUT2D eigenvalue weighted by molar-refractivity contribution is 5.78. The predicted octanol–water partition coefficient (Wildman–Crippen LogP) is 1.81. The number of hydrogen-bond donors (Lipinski definition) is 2. The van der Waals surface area contributed by atoms with Crippen LogP contribution >= 0.6 is 0 Å². The fraction of sp³-hybridized carbons (Fsp3) is 0.400. The molecule has 1 aliphatic heterocycles. The molecule has 0 aliphatic carbocycles. The zero-order valence-electron chi connectivity index (χ0n) is 8.98. The van der Waals surface area contributed by atoms with Gasteiger partial charge in [-0.15, -0.1) is 0 Å². The number of carbonyl (C=O) groups is 1. The van der Waals surface area contributed by atoms with Gasteiger partial charge in [0.25, 0.3) is 0 Å². The van der Waals surface area contributed by atoms with Crippen LogP contribution in [0.2, 0.25) is 0 Å². The smallest absolute Gasteiger partial charge is 0.320 e. The van der Waals surface area contributed by atoms with Crippen LogP contribution in [-0.2, 0) is 0 Å². The van der Waals surface area contributed by atoms with E-state index in [1.165, 1.54) is 0 Å².